The van der Waals surface area contributed by atoms with Gasteiger partial charge in [-0.3, -0.25) is 0 Å². The van der Waals surface area contributed by atoms with Crippen LogP contribution in [-0.2, 0) is 0 Å². The third-order valence-corrected chi connectivity index (χ3v) is 2.91. The molecule has 16 heavy (non-hydrogen) atoms. The monoisotopic (exact) mass is 221 g/mol. The summed E-state index contributed by atoms with van der Waals surface area (Å²) < 4.78 is 5.64. The van der Waals surface area contributed by atoms with Crippen LogP contribution < -0.4 is 20.7 Å². The smallest absolute Gasteiger partial charge is 0.224 e. The van der Waals surface area contributed by atoms with Gasteiger partial charge in [0.05, 0.1) is 6.54 Å². The van der Waals surface area contributed by atoms with Crippen LogP contribution in [0, 0.1) is 0 Å². The van der Waals surface area contributed by atoms with Gasteiger partial charge in [-0.05, 0) is 12.8 Å². The van der Waals surface area contributed by atoms with E-state index in [-0.39, 0.29) is 0 Å². The molecule has 6 heteroatoms. The molecule has 0 saturated carbocycles. The van der Waals surface area contributed by atoms with Crippen LogP contribution in [0.3, 0.4) is 0 Å². The highest BCUT2D eigenvalue weighted by atomic mass is 16.5. The lowest BCUT2D eigenvalue weighted by Gasteiger charge is -2.25. The maximum atomic E-state index is 5.71. The quantitative estimate of drug-likeness (QED) is 0.717. The molecule has 0 atom stereocenters. The third kappa shape index (κ3) is 1.50. The molecule has 0 unspecified atom stereocenters. The van der Waals surface area contributed by atoms with Gasteiger partial charge in [0.25, 0.3) is 0 Å². The van der Waals surface area contributed by atoms with Crippen LogP contribution in [0.5, 0.6) is 5.75 Å². The zero-order valence-corrected chi connectivity index (χ0v) is 9.07. The fourth-order valence-electron chi connectivity index (χ4n) is 2.17. The minimum Gasteiger partial charge on any atom is -0.485 e. The summed E-state index contributed by atoms with van der Waals surface area (Å²) >= 11 is 0. The minimum absolute atomic E-state index is 0.304. The number of nitrogen functional groups attached to an aromatic ring is 1. The maximum absolute atomic E-state index is 5.71. The van der Waals surface area contributed by atoms with Crippen LogP contribution in [-0.4, -0.2) is 36.2 Å². The van der Waals surface area contributed by atoms with E-state index in [0.29, 0.717) is 12.6 Å². The number of hydrogen-bond acceptors (Lipinski definition) is 6. The van der Waals surface area contributed by atoms with Crippen molar-refractivity contribution < 1.29 is 4.74 Å². The summed E-state index contributed by atoms with van der Waals surface area (Å²) in [7, 11) is 0. The predicted molar refractivity (Wildman–Crippen MR) is 61.9 cm³/mol. The van der Waals surface area contributed by atoms with Crippen molar-refractivity contribution >= 4 is 17.6 Å². The Morgan fingerprint density at radius 3 is 2.88 bits per heavy atom. The topological polar surface area (TPSA) is 76.3 Å². The largest absolute Gasteiger partial charge is 0.485 e. The molecule has 0 radical (unpaired) electrons. The Kier molecular flexibility index (Phi) is 2.19. The van der Waals surface area contributed by atoms with Crippen molar-refractivity contribution in [1.29, 1.82) is 0 Å². The minimum atomic E-state index is 0.304. The van der Waals surface area contributed by atoms with Gasteiger partial charge in [0.1, 0.15) is 6.61 Å². The van der Waals surface area contributed by atoms with E-state index in [1.807, 2.05) is 0 Å². The summed E-state index contributed by atoms with van der Waals surface area (Å²) in [6.45, 7) is 3.46. The van der Waals surface area contributed by atoms with Crippen molar-refractivity contribution in [2.75, 3.05) is 42.2 Å². The van der Waals surface area contributed by atoms with Crippen molar-refractivity contribution in [3.05, 3.63) is 0 Å². The fraction of sp³-hybridized carbons (Fsp3) is 0.600. The molecule has 0 bridgehead atoms. The van der Waals surface area contributed by atoms with Gasteiger partial charge in [-0.2, -0.15) is 9.97 Å². The van der Waals surface area contributed by atoms with E-state index in [9.17, 15) is 0 Å². The Hall–Kier alpha value is -1.72. The molecule has 1 fully saturated rings. The van der Waals surface area contributed by atoms with Crippen LogP contribution in [0.4, 0.5) is 17.6 Å². The maximum Gasteiger partial charge on any atom is 0.224 e. The highest BCUT2D eigenvalue weighted by molar-refractivity contribution is 5.68. The Labute approximate surface area is 93.8 Å². The van der Waals surface area contributed by atoms with Gasteiger partial charge in [0, 0.05) is 13.1 Å². The number of nitrogens with zero attached hydrogens (tertiary/aromatic N) is 3. The normalized spacial score (nSPS) is 18.9. The molecular weight excluding hydrogens is 206 g/mol. The molecule has 3 N–H and O–H groups in total. The lowest BCUT2D eigenvalue weighted by atomic mass is 10.4. The summed E-state index contributed by atoms with van der Waals surface area (Å²) in [4.78, 5) is 10.7. The van der Waals surface area contributed by atoms with Crippen LogP contribution in [0.15, 0.2) is 0 Å². The number of nitrogens with one attached hydrogen (secondary N) is 1. The molecule has 0 spiro atoms. The second-order valence-corrected chi connectivity index (χ2v) is 4.05. The molecule has 3 rings (SSSR count). The van der Waals surface area contributed by atoms with Crippen LogP contribution in [0.25, 0.3) is 0 Å². The van der Waals surface area contributed by atoms with Gasteiger partial charge in [-0.25, -0.2) is 0 Å². The van der Waals surface area contributed by atoms with Crippen molar-refractivity contribution in [2.24, 2.45) is 0 Å². The summed E-state index contributed by atoms with van der Waals surface area (Å²) in [5.74, 6) is 2.62. The number of ether oxygens (including phenoxy) is 1. The van der Waals surface area contributed by atoms with Gasteiger partial charge < -0.3 is 20.7 Å². The van der Waals surface area contributed by atoms with E-state index in [4.69, 9.17) is 10.5 Å². The van der Waals surface area contributed by atoms with E-state index in [1.54, 1.807) is 0 Å². The molecule has 0 amide bonds. The zero-order valence-electron chi connectivity index (χ0n) is 9.07. The van der Waals surface area contributed by atoms with E-state index in [1.165, 1.54) is 12.8 Å². The summed E-state index contributed by atoms with van der Waals surface area (Å²) in [5.41, 5.74) is 5.71. The van der Waals surface area contributed by atoms with Crippen LogP contribution in [0.1, 0.15) is 12.8 Å². The van der Waals surface area contributed by atoms with Crippen LogP contribution >= 0.6 is 0 Å². The average Bonchev–Trinajstić information content (AvgIpc) is 2.81. The van der Waals surface area contributed by atoms with Gasteiger partial charge >= 0.3 is 0 Å². The van der Waals surface area contributed by atoms with Crippen molar-refractivity contribution in [3.8, 4) is 5.75 Å². The van der Waals surface area contributed by atoms with Crippen molar-refractivity contribution in [3.63, 3.8) is 0 Å². The molecule has 2 aliphatic heterocycles. The van der Waals surface area contributed by atoms with E-state index >= 15 is 0 Å². The SMILES string of the molecule is Nc1nc2c(c(N3CCCC3)n1)OCCN2. The first-order valence-corrected chi connectivity index (χ1v) is 5.64. The van der Waals surface area contributed by atoms with Crippen LogP contribution in [0.2, 0.25) is 0 Å². The highest BCUT2D eigenvalue weighted by Gasteiger charge is 2.24. The van der Waals surface area contributed by atoms with Gasteiger partial charge in [0.2, 0.25) is 11.7 Å². The number of nitrogens with two attached hydrogens (primary N) is 1. The predicted octanol–water partition coefficient (Wildman–Crippen LogP) is 0.463. The first-order chi connectivity index (χ1) is 7.84. The molecule has 0 aliphatic carbocycles. The van der Waals surface area contributed by atoms with Gasteiger partial charge in [-0.15, -0.1) is 0 Å². The Bertz CT molecular complexity index is 402. The molecule has 6 nitrogen and oxygen atoms in total. The van der Waals surface area contributed by atoms with Crippen molar-refractivity contribution in [1.82, 2.24) is 9.97 Å². The second kappa shape index (κ2) is 3.70. The average molecular weight is 221 g/mol. The summed E-state index contributed by atoms with van der Waals surface area (Å²) in [6.07, 6.45) is 2.40. The fourth-order valence-corrected chi connectivity index (χ4v) is 2.17. The lowest BCUT2D eigenvalue weighted by Crippen LogP contribution is -2.26. The highest BCUT2D eigenvalue weighted by Crippen LogP contribution is 2.36. The summed E-state index contributed by atoms with van der Waals surface area (Å²) in [6, 6.07) is 0. The van der Waals surface area contributed by atoms with Gasteiger partial charge in [0.15, 0.2) is 11.6 Å². The van der Waals surface area contributed by atoms with Gasteiger partial charge in [-0.1, -0.05) is 0 Å². The molecule has 1 aromatic rings. The number of aromatic nitrogens is 2. The summed E-state index contributed by atoms with van der Waals surface area (Å²) in [5, 5.41) is 3.18. The molecule has 0 aromatic carbocycles. The number of hydrogen-bond donors (Lipinski definition) is 2. The molecule has 1 aromatic heterocycles. The molecule has 1 saturated heterocycles. The Morgan fingerprint density at radius 2 is 2.06 bits per heavy atom. The lowest BCUT2D eigenvalue weighted by molar-refractivity contribution is 0.320. The zero-order chi connectivity index (χ0) is 11.0. The van der Waals surface area contributed by atoms with E-state index in [0.717, 1.165) is 37.0 Å². The first-order valence-electron chi connectivity index (χ1n) is 5.64. The standard InChI is InChI=1S/C10H15N5O/c11-10-13-8-7(16-6-3-12-8)9(14-10)15-4-1-2-5-15/h1-6H2,(H3,11,12,13,14). The number of anilines is 3. The third-order valence-electron chi connectivity index (χ3n) is 2.91. The Morgan fingerprint density at radius 1 is 1.25 bits per heavy atom. The second-order valence-electron chi connectivity index (χ2n) is 4.05. The Balaban J connectivity index is 2.04. The van der Waals surface area contributed by atoms with E-state index < -0.39 is 0 Å². The first kappa shape index (κ1) is 9.50. The van der Waals surface area contributed by atoms with E-state index in [2.05, 4.69) is 20.2 Å². The molecule has 86 valence electrons. The number of fused-ring (bicyclic) bond motifs is 1. The van der Waals surface area contributed by atoms with Crippen molar-refractivity contribution in [2.45, 2.75) is 12.8 Å². The molecular formula is C10H15N5O. The molecule has 3 heterocycles. The number of rotatable bonds is 1. The molecule has 2 aliphatic rings.